The van der Waals surface area contributed by atoms with Gasteiger partial charge in [-0.05, 0) is 51.4 Å². The average Bonchev–Trinajstić information content (AvgIpc) is 2.77. The second-order valence-corrected chi connectivity index (χ2v) is 9.79. The average molecular weight is 451 g/mol. The standard InChI is InChI=1S/C27H46O5/c1-6-7-8-9-23-12-14-24(15-13-23)16-17-25(18-31-26(29)20(2)3)19-32-27(30)21(4)10-11-22(5)28/h22-25,28H,2,4,6-19H2,1,3,5H3. The van der Waals surface area contributed by atoms with Crippen LogP contribution in [0.5, 0.6) is 0 Å². The molecule has 184 valence electrons. The molecule has 0 aliphatic heterocycles. The Morgan fingerprint density at radius 1 is 0.938 bits per heavy atom. The molecule has 5 nitrogen and oxygen atoms in total. The molecule has 0 spiro atoms. The van der Waals surface area contributed by atoms with Gasteiger partial charge in [-0.15, -0.1) is 0 Å². The van der Waals surface area contributed by atoms with Crippen LogP contribution < -0.4 is 0 Å². The summed E-state index contributed by atoms with van der Waals surface area (Å²) in [6, 6.07) is 0. The van der Waals surface area contributed by atoms with Crippen LogP contribution >= 0.6 is 0 Å². The van der Waals surface area contributed by atoms with Gasteiger partial charge in [0.25, 0.3) is 0 Å². The summed E-state index contributed by atoms with van der Waals surface area (Å²) in [6.07, 6.45) is 12.9. The van der Waals surface area contributed by atoms with Crippen molar-refractivity contribution in [3.63, 3.8) is 0 Å². The Labute approximate surface area is 195 Å². The van der Waals surface area contributed by atoms with Crippen molar-refractivity contribution in [3.05, 3.63) is 24.3 Å². The molecule has 1 rings (SSSR count). The van der Waals surface area contributed by atoms with Crippen molar-refractivity contribution >= 4 is 11.9 Å². The topological polar surface area (TPSA) is 72.8 Å². The molecule has 1 N–H and O–H groups in total. The number of hydrogen-bond donors (Lipinski definition) is 1. The molecule has 0 bridgehead atoms. The number of carbonyl (C=O) groups is 2. The van der Waals surface area contributed by atoms with Gasteiger partial charge in [0.15, 0.2) is 0 Å². The molecule has 0 aromatic carbocycles. The summed E-state index contributed by atoms with van der Waals surface area (Å²) in [5, 5.41) is 9.38. The Morgan fingerprint density at radius 2 is 1.50 bits per heavy atom. The van der Waals surface area contributed by atoms with Crippen LogP contribution in [0.1, 0.15) is 97.8 Å². The Hall–Kier alpha value is -1.62. The van der Waals surface area contributed by atoms with Crippen molar-refractivity contribution < 1.29 is 24.2 Å². The van der Waals surface area contributed by atoms with Crippen molar-refractivity contribution in [2.75, 3.05) is 13.2 Å². The minimum absolute atomic E-state index is 0.0332. The fraction of sp³-hybridized carbons (Fsp3) is 0.778. The van der Waals surface area contributed by atoms with Gasteiger partial charge >= 0.3 is 11.9 Å². The molecule has 0 aromatic rings. The summed E-state index contributed by atoms with van der Waals surface area (Å²) >= 11 is 0. The highest BCUT2D eigenvalue weighted by Crippen LogP contribution is 2.35. The Kier molecular flexibility index (Phi) is 14.3. The van der Waals surface area contributed by atoms with Gasteiger partial charge in [0, 0.05) is 17.1 Å². The summed E-state index contributed by atoms with van der Waals surface area (Å²) < 4.78 is 10.8. The minimum atomic E-state index is -0.476. The predicted molar refractivity (Wildman–Crippen MR) is 129 cm³/mol. The molecule has 0 saturated heterocycles. The molecule has 1 aliphatic rings. The zero-order chi connectivity index (χ0) is 23.9. The molecule has 1 aliphatic carbocycles. The first-order chi connectivity index (χ1) is 15.2. The van der Waals surface area contributed by atoms with Crippen molar-refractivity contribution in [2.45, 2.75) is 104 Å². The van der Waals surface area contributed by atoms with Crippen LogP contribution in [0, 0.1) is 17.8 Å². The summed E-state index contributed by atoms with van der Waals surface area (Å²) in [7, 11) is 0. The van der Waals surface area contributed by atoms with Crippen molar-refractivity contribution in [3.8, 4) is 0 Å². The fourth-order valence-electron chi connectivity index (χ4n) is 4.28. The van der Waals surface area contributed by atoms with Crippen LogP contribution in [0.4, 0.5) is 0 Å². The number of ether oxygens (including phenoxy) is 2. The summed E-state index contributed by atoms with van der Waals surface area (Å²) in [4.78, 5) is 24.1. The number of carbonyl (C=O) groups excluding carboxylic acids is 2. The number of hydrogen-bond acceptors (Lipinski definition) is 5. The van der Waals surface area contributed by atoms with E-state index >= 15 is 0 Å². The largest absolute Gasteiger partial charge is 0.462 e. The lowest BCUT2D eigenvalue weighted by Crippen LogP contribution is -2.23. The quantitative estimate of drug-likeness (QED) is 0.173. The van der Waals surface area contributed by atoms with Gasteiger partial charge in [0.2, 0.25) is 0 Å². The highest BCUT2D eigenvalue weighted by Gasteiger charge is 2.23. The lowest BCUT2D eigenvalue weighted by molar-refractivity contribution is -0.144. The highest BCUT2D eigenvalue weighted by molar-refractivity contribution is 5.87. The first-order valence-electron chi connectivity index (χ1n) is 12.6. The van der Waals surface area contributed by atoms with Crippen molar-refractivity contribution in [2.24, 2.45) is 17.8 Å². The number of aliphatic hydroxyl groups is 1. The van der Waals surface area contributed by atoms with Gasteiger partial charge < -0.3 is 14.6 Å². The summed E-state index contributed by atoms with van der Waals surface area (Å²) in [5.74, 6) is 0.714. The molecule has 0 amide bonds. The number of esters is 2. The maximum Gasteiger partial charge on any atom is 0.333 e. The summed E-state index contributed by atoms with van der Waals surface area (Å²) in [5.41, 5.74) is 0.735. The monoisotopic (exact) mass is 450 g/mol. The second kappa shape index (κ2) is 16.1. The molecule has 2 atom stereocenters. The summed E-state index contributed by atoms with van der Waals surface area (Å²) in [6.45, 7) is 13.4. The first kappa shape index (κ1) is 28.4. The van der Waals surface area contributed by atoms with Gasteiger partial charge in [-0.3, -0.25) is 0 Å². The van der Waals surface area contributed by atoms with Crippen molar-refractivity contribution in [1.29, 1.82) is 0 Å². The van der Waals surface area contributed by atoms with Gasteiger partial charge in [-0.2, -0.15) is 0 Å². The van der Waals surface area contributed by atoms with Gasteiger partial charge in [0.1, 0.15) is 0 Å². The maximum absolute atomic E-state index is 12.2. The first-order valence-corrected chi connectivity index (χ1v) is 12.6. The zero-order valence-electron chi connectivity index (χ0n) is 20.7. The minimum Gasteiger partial charge on any atom is -0.462 e. The van der Waals surface area contributed by atoms with E-state index in [4.69, 9.17) is 9.47 Å². The number of aliphatic hydroxyl groups excluding tert-OH is 1. The number of rotatable bonds is 16. The van der Waals surface area contributed by atoms with Gasteiger partial charge in [-0.25, -0.2) is 9.59 Å². The molecule has 0 heterocycles. The van der Waals surface area contributed by atoms with Crippen LogP contribution in [0.2, 0.25) is 0 Å². The van der Waals surface area contributed by atoms with Crippen LogP contribution in [0.25, 0.3) is 0 Å². The molecular weight excluding hydrogens is 404 g/mol. The van der Waals surface area contributed by atoms with E-state index in [1.54, 1.807) is 13.8 Å². The van der Waals surface area contributed by atoms with E-state index in [-0.39, 0.29) is 19.1 Å². The van der Waals surface area contributed by atoms with E-state index in [0.29, 0.717) is 29.9 Å². The molecule has 2 unspecified atom stereocenters. The van der Waals surface area contributed by atoms with Gasteiger partial charge in [0.05, 0.1) is 19.3 Å². The second-order valence-electron chi connectivity index (χ2n) is 9.79. The van der Waals surface area contributed by atoms with Crippen molar-refractivity contribution in [1.82, 2.24) is 0 Å². The third kappa shape index (κ3) is 12.4. The number of unbranched alkanes of at least 4 members (excludes halogenated alkanes) is 2. The third-order valence-corrected chi connectivity index (χ3v) is 6.57. The molecular formula is C27H46O5. The lowest BCUT2D eigenvalue weighted by Gasteiger charge is -2.29. The molecule has 32 heavy (non-hydrogen) atoms. The molecule has 5 heteroatoms. The smallest absolute Gasteiger partial charge is 0.333 e. The molecule has 1 saturated carbocycles. The lowest BCUT2D eigenvalue weighted by atomic mass is 9.77. The molecule has 1 fully saturated rings. The SMILES string of the molecule is C=C(C)C(=O)OCC(CCC1CCC(CCCCC)CC1)COC(=O)C(=C)CCC(C)O. The van der Waals surface area contributed by atoms with E-state index < -0.39 is 18.0 Å². The van der Waals surface area contributed by atoms with Gasteiger partial charge in [-0.1, -0.05) is 71.4 Å². The van der Waals surface area contributed by atoms with E-state index in [9.17, 15) is 14.7 Å². The Bertz CT molecular complexity index is 587. The van der Waals surface area contributed by atoms with E-state index in [2.05, 4.69) is 20.1 Å². The maximum atomic E-state index is 12.2. The normalized spacial score (nSPS) is 20.2. The molecule has 0 aromatic heterocycles. The van der Waals surface area contributed by atoms with Crippen LogP contribution in [-0.4, -0.2) is 36.4 Å². The third-order valence-electron chi connectivity index (χ3n) is 6.57. The van der Waals surface area contributed by atoms with E-state index in [1.165, 1.54) is 51.4 Å². The fourth-order valence-corrected chi connectivity index (χ4v) is 4.28. The van der Waals surface area contributed by atoms with Crippen LogP contribution in [0.3, 0.4) is 0 Å². The molecule has 0 radical (unpaired) electrons. The highest BCUT2D eigenvalue weighted by atomic mass is 16.5. The van der Waals surface area contributed by atoms with E-state index in [0.717, 1.165) is 18.8 Å². The Morgan fingerprint density at radius 3 is 2.03 bits per heavy atom. The predicted octanol–water partition coefficient (Wildman–Crippen LogP) is 6.15. The van der Waals surface area contributed by atoms with E-state index in [1.807, 2.05) is 0 Å². The van der Waals surface area contributed by atoms with Crippen LogP contribution in [-0.2, 0) is 19.1 Å². The zero-order valence-corrected chi connectivity index (χ0v) is 20.7. The van der Waals surface area contributed by atoms with Crippen LogP contribution in [0.15, 0.2) is 24.3 Å². The Balaban J connectivity index is 2.46.